The fraction of sp³-hybridized carbons (Fsp3) is 0.389. The predicted molar refractivity (Wildman–Crippen MR) is 89.8 cm³/mol. The molecule has 130 valence electrons. The molecule has 0 unspecified atom stereocenters. The first-order chi connectivity index (χ1) is 12.2. The van der Waals surface area contributed by atoms with Gasteiger partial charge in [-0.05, 0) is 56.3 Å². The Morgan fingerprint density at radius 3 is 2.60 bits per heavy atom. The topological polar surface area (TPSA) is 60.0 Å². The second-order valence-electron chi connectivity index (χ2n) is 6.45. The second kappa shape index (κ2) is 6.76. The van der Waals surface area contributed by atoms with Crippen molar-refractivity contribution in [1.29, 1.82) is 0 Å². The monoisotopic (exact) mass is 341 g/mol. The van der Waals surface area contributed by atoms with Crippen LogP contribution in [0.4, 0.5) is 4.39 Å². The first-order valence-electron chi connectivity index (χ1n) is 8.50. The molecule has 0 radical (unpaired) electrons. The first kappa shape index (κ1) is 16.0. The van der Waals surface area contributed by atoms with Gasteiger partial charge in [-0.15, -0.1) is 0 Å². The fourth-order valence-corrected chi connectivity index (χ4v) is 3.24. The van der Waals surface area contributed by atoms with E-state index in [0.29, 0.717) is 11.8 Å². The molecule has 3 heterocycles. The van der Waals surface area contributed by atoms with Gasteiger partial charge in [0.1, 0.15) is 5.82 Å². The Labute approximate surface area is 145 Å². The van der Waals surface area contributed by atoms with Crippen molar-refractivity contribution in [2.75, 3.05) is 13.1 Å². The van der Waals surface area contributed by atoms with E-state index in [0.717, 1.165) is 49.7 Å². The Hall–Kier alpha value is -2.54. The highest BCUT2D eigenvalue weighted by Gasteiger charge is 2.24. The molecule has 1 aliphatic rings. The van der Waals surface area contributed by atoms with Gasteiger partial charge in [-0.25, -0.2) is 9.07 Å². The summed E-state index contributed by atoms with van der Waals surface area (Å²) < 4.78 is 19.9. The molecule has 25 heavy (non-hydrogen) atoms. The van der Waals surface area contributed by atoms with Gasteiger partial charge in [0.2, 0.25) is 5.89 Å². The third-order valence-corrected chi connectivity index (χ3v) is 4.62. The van der Waals surface area contributed by atoms with Crippen molar-refractivity contribution in [3.63, 3.8) is 0 Å². The highest BCUT2D eigenvalue weighted by atomic mass is 19.1. The molecule has 0 atom stereocenters. The third-order valence-electron chi connectivity index (χ3n) is 4.62. The summed E-state index contributed by atoms with van der Waals surface area (Å²) in [6.07, 6.45) is 3.96. The lowest BCUT2D eigenvalue weighted by molar-refractivity contribution is 0.198. The number of piperidine rings is 1. The van der Waals surface area contributed by atoms with E-state index in [9.17, 15) is 4.39 Å². The number of nitrogens with zero attached hydrogens (tertiary/aromatic N) is 5. The number of likely N-dealkylation sites (tertiary alicyclic amines) is 1. The molecular weight excluding hydrogens is 321 g/mol. The van der Waals surface area contributed by atoms with Gasteiger partial charge in [-0.1, -0.05) is 5.16 Å². The Bertz CT molecular complexity index is 833. The van der Waals surface area contributed by atoms with Crippen LogP contribution in [0.25, 0.3) is 5.69 Å². The van der Waals surface area contributed by atoms with E-state index in [-0.39, 0.29) is 5.82 Å². The molecule has 3 aromatic rings. The molecule has 6 nitrogen and oxygen atoms in total. The summed E-state index contributed by atoms with van der Waals surface area (Å²) in [6, 6.07) is 8.36. The van der Waals surface area contributed by atoms with Crippen molar-refractivity contribution in [3.8, 4) is 5.69 Å². The molecule has 0 saturated carbocycles. The highest BCUT2D eigenvalue weighted by molar-refractivity contribution is 5.31. The molecule has 1 aliphatic heterocycles. The van der Waals surface area contributed by atoms with Crippen molar-refractivity contribution in [3.05, 3.63) is 59.8 Å². The zero-order valence-electron chi connectivity index (χ0n) is 14.1. The summed E-state index contributed by atoms with van der Waals surface area (Å²) in [6.45, 7) is 4.61. The fourth-order valence-electron chi connectivity index (χ4n) is 3.24. The van der Waals surface area contributed by atoms with Crippen LogP contribution in [-0.4, -0.2) is 37.9 Å². The predicted octanol–water partition coefficient (Wildman–Crippen LogP) is 3.08. The first-order valence-corrected chi connectivity index (χ1v) is 8.50. The molecule has 4 rings (SSSR count). The van der Waals surface area contributed by atoms with Crippen LogP contribution in [0.1, 0.15) is 36.2 Å². The van der Waals surface area contributed by atoms with Crippen LogP contribution in [0.5, 0.6) is 0 Å². The van der Waals surface area contributed by atoms with Crippen molar-refractivity contribution in [1.82, 2.24) is 24.8 Å². The van der Waals surface area contributed by atoms with Gasteiger partial charge >= 0.3 is 0 Å². The Kier molecular flexibility index (Phi) is 4.31. The Balaban J connectivity index is 1.35. The molecule has 0 aliphatic carbocycles. The van der Waals surface area contributed by atoms with E-state index in [1.165, 1.54) is 12.1 Å². The van der Waals surface area contributed by atoms with E-state index in [4.69, 9.17) is 4.52 Å². The lowest BCUT2D eigenvalue weighted by Gasteiger charge is -2.29. The normalized spacial score (nSPS) is 16.4. The average molecular weight is 341 g/mol. The molecule has 1 aromatic carbocycles. The van der Waals surface area contributed by atoms with Crippen molar-refractivity contribution in [2.45, 2.75) is 32.2 Å². The highest BCUT2D eigenvalue weighted by Crippen LogP contribution is 2.26. The largest absolute Gasteiger partial charge is 0.340 e. The lowest BCUT2D eigenvalue weighted by Crippen LogP contribution is -2.32. The van der Waals surface area contributed by atoms with Crippen LogP contribution in [0.15, 0.2) is 41.1 Å². The lowest BCUT2D eigenvalue weighted by atomic mass is 9.96. The van der Waals surface area contributed by atoms with Gasteiger partial charge in [0.25, 0.3) is 0 Å². The zero-order valence-corrected chi connectivity index (χ0v) is 14.1. The smallest absolute Gasteiger partial charge is 0.223 e. The molecule has 1 saturated heterocycles. The maximum Gasteiger partial charge on any atom is 0.223 e. The summed E-state index contributed by atoms with van der Waals surface area (Å²) in [5.74, 6) is 1.60. The summed E-state index contributed by atoms with van der Waals surface area (Å²) >= 11 is 0. The van der Waals surface area contributed by atoms with E-state index < -0.39 is 0 Å². The van der Waals surface area contributed by atoms with E-state index >= 15 is 0 Å². The number of aromatic nitrogens is 4. The summed E-state index contributed by atoms with van der Waals surface area (Å²) in [5.41, 5.74) is 1.87. The minimum absolute atomic E-state index is 0.240. The number of aryl methyl sites for hydroxylation is 1. The molecule has 7 heteroatoms. The molecule has 0 spiro atoms. The molecule has 0 amide bonds. The van der Waals surface area contributed by atoms with Crippen LogP contribution in [0.2, 0.25) is 0 Å². The maximum atomic E-state index is 13.0. The zero-order chi connectivity index (χ0) is 17.2. The van der Waals surface area contributed by atoms with Crippen LogP contribution in [-0.2, 0) is 6.54 Å². The third kappa shape index (κ3) is 3.61. The molecule has 0 N–H and O–H groups in total. The molecular formula is C18H20FN5O. The minimum atomic E-state index is -0.240. The summed E-state index contributed by atoms with van der Waals surface area (Å²) in [4.78, 5) is 6.74. The molecule has 2 aromatic heterocycles. The van der Waals surface area contributed by atoms with Gasteiger partial charge in [0, 0.05) is 25.6 Å². The average Bonchev–Trinajstić information content (AvgIpc) is 3.26. The Morgan fingerprint density at radius 2 is 1.92 bits per heavy atom. The van der Waals surface area contributed by atoms with Gasteiger partial charge < -0.3 is 4.52 Å². The van der Waals surface area contributed by atoms with Gasteiger partial charge in [-0.3, -0.25) is 4.90 Å². The minimum Gasteiger partial charge on any atom is -0.340 e. The molecule has 1 fully saturated rings. The van der Waals surface area contributed by atoms with Crippen molar-refractivity contribution >= 4 is 0 Å². The summed E-state index contributed by atoms with van der Waals surface area (Å²) in [5, 5.41) is 8.64. The van der Waals surface area contributed by atoms with Crippen LogP contribution >= 0.6 is 0 Å². The van der Waals surface area contributed by atoms with E-state index in [2.05, 4.69) is 20.1 Å². The quantitative estimate of drug-likeness (QED) is 0.730. The van der Waals surface area contributed by atoms with Gasteiger partial charge in [0.05, 0.1) is 11.4 Å². The van der Waals surface area contributed by atoms with Crippen LogP contribution in [0, 0.1) is 12.7 Å². The van der Waals surface area contributed by atoms with Crippen LogP contribution < -0.4 is 0 Å². The number of rotatable bonds is 4. The van der Waals surface area contributed by atoms with E-state index in [1.54, 1.807) is 16.8 Å². The van der Waals surface area contributed by atoms with E-state index in [1.807, 2.05) is 19.2 Å². The summed E-state index contributed by atoms with van der Waals surface area (Å²) in [7, 11) is 0. The van der Waals surface area contributed by atoms with Crippen molar-refractivity contribution in [2.24, 2.45) is 0 Å². The van der Waals surface area contributed by atoms with Gasteiger partial charge in [-0.2, -0.15) is 10.1 Å². The molecule has 0 bridgehead atoms. The number of hydrogen-bond acceptors (Lipinski definition) is 5. The maximum absolute atomic E-state index is 13.0. The Morgan fingerprint density at radius 1 is 1.16 bits per heavy atom. The second-order valence-corrected chi connectivity index (χ2v) is 6.45. The SMILES string of the molecule is Cc1nc(C2CCN(Cc3ccn(-c4ccc(F)cc4)n3)CC2)no1. The van der Waals surface area contributed by atoms with Crippen molar-refractivity contribution < 1.29 is 8.91 Å². The van der Waals surface area contributed by atoms with Gasteiger partial charge in [0.15, 0.2) is 5.82 Å². The number of hydrogen-bond donors (Lipinski definition) is 0. The number of benzene rings is 1. The standard InChI is InChI=1S/C18H20FN5O/c1-13-20-18(22-25-13)14-6-9-23(10-7-14)12-16-8-11-24(21-16)17-4-2-15(19)3-5-17/h2-5,8,11,14H,6-7,9-10,12H2,1H3. The number of halogens is 1. The van der Waals surface area contributed by atoms with Crippen LogP contribution in [0.3, 0.4) is 0 Å².